The molecule has 0 spiro atoms. The number of benzene rings is 1. The van der Waals surface area contributed by atoms with Gasteiger partial charge in [-0.25, -0.2) is 4.39 Å². The lowest BCUT2D eigenvalue weighted by molar-refractivity contribution is 0.236. The number of anilines is 1. The molecule has 2 N–H and O–H groups in total. The minimum Gasteiger partial charge on any atom is -0.394 e. The van der Waals surface area contributed by atoms with Crippen molar-refractivity contribution in [1.82, 2.24) is 0 Å². The summed E-state index contributed by atoms with van der Waals surface area (Å²) in [5, 5.41) is 12.5. The highest BCUT2D eigenvalue weighted by Crippen LogP contribution is 2.28. The molecule has 0 heterocycles. The first-order chi connectivity index (χ1) is 8.79. The van der Waals surface area contributed by atoms with Gasteiger partial charge in [0.05, 0.1) is 12.3 Å². The van der Waals surface area contributed by atoms with Crippen LogP contribution < -0.4 is 5.32 Å². The zero-order chi connectivity index (χ0) is 12.8. The molecule has 1 saturated carbocycles. The third-order valence-electron chi connectivity index (χ3n) is 3.80. The summed E-state index contributed by atoms with van der Waals surface area (Å²) in [5.41, 5.74) is 0.493. The van der Waals surface area contributed by atoms with Crippen LogP contribution in [0.1, 0.15) is 38.5 Å². The Bertz CT molecular complexity index is 363. The van der Waals surface area contributed by atoms with E-state index in [1.54, 1.807) is 18.2 Å². The lowest BCUT2D eigenvalue weighted by Crippen LogP contribution is -2.28. The second-order valence-corrected chi connectivity index (χ2v) is 5.24. The lowest BCUT2D eigenvalue weighted by atomic mass is 9.85. The van der Waals surface area contributed by atoms with Crippen LogP contribution in [-0.2, 0) is 0 Å². The molecule has 1 aliphatic rings. The molecule has 0 saturated heterocycles. The van der Waals surface area contributed by atoms with Gasteiger partial charge in [-0.2, -0.15) is 0 Å². The number of rotatable bonds is 5. The van der Waals surface area contributed by atoms with Crippen LogP contribution in [0.25, 0.3) is 0 Å². The van der Waals surface area contributed by atoms with Crippen molar-refractivity contribution in [3.05, 3.63) is 30.1 Å². The maximum Gasteiger partial charge on any atom is 0.146 e. The third-order valence-corrected chi connectivity index (χ3v) is 3.80. The van der Waals surface area contributed by atoms with E-state index in [-0.39, 0.29) is 18.5 Å². The minimum absolute atomic E-state index is 0.0370. The van der Waals surface area contributed by atoms with Gasteiger partial charge in [0, 0.05) is 6.04 Å². The van der Waals surface area contributed by atoms with E-state index in [1.165, 1.54) is 38.2 Å². The molecule has 1 fully saturated rings. The van der Waals surface area contributed by atoms with Crippen molar-refractivity contribution in [1.29, 1.82) is 0 Å². The van der Waals surface area contributed by atoms with Crippen molar-refractivity contribution in [3.8, 4) is 0 Å². The number of aliphatic hydroxyl groups is 1. The number of nitrogens with one attached hydrogen (secondary N) is 1. The first kappa shape index (κ1) is 13.3. The van der Waals surface area contributed by atoms with Crippen molar-refractivity contribution >= 4 is 5.69 Å². The molecule has 0 amide bonds. The molecular weight excluding hydrogens is 229 g/mol. The van der Waals surface area contributed by atoms with Gasteiger partial charge >= 0.3 is 0 Å². The highest BCUT2D eigenvalue weighted by molar-refractivity contribution is 5.45. The fourth-order valence-electron chi connectivity index (χ4n) is 2.80. The van der Waals surface area contributed by atoms with Gasteiger partial charge in [-0.3, -0.25) is 0 Å². The Morgan fingerprint density at radius 3 is 2.61 bits per heavy atom. The molecule has 0 radical (unpaired) electrons. The normalized spacial score (nSPS) is 18.6. The largest absolute Gasteiger partial charge is 0.394 e. The summed E-state index contributed by atoms with van der Waals surface area (Å²) in [4.78, 5) is 0. The third kappa shape index (κ3) is 3.70. The standard InChI is InChI=1S/C15H22FNO/c16-14-8-4-5-9-15(14)17-13(11-18)10-12-6-2-1-3-7-12/h4-5,8-9,12-13,17-18H,1-3,6-7,10-11H2. The van der Waals surface area contributed by atoms with Crippen molar-refractivity contribution in [3.63, 3.8) is 0 Å². The SMILES string of the molecule is OCC(CC1CCCCC1)Nc1ccccc1F. The van der Waals surface area contributed by atoms with Gasteiger partial charge in [-0.1, -0.05) is 44.2 Å². The topological polar surface area (TPSA) is 32.3 Å². The summed E-state index contributed by atoms with van der Waals surface area (Å²) < 4.78 is 13.5. The van der Waals surface area contributed by atoms with E-state index in [0.29, 0.717) is 11.6 Å². The molecule has 100 valence electrons. The molecule has 0 aliphatic heterocycles. The Labute approximate surface area is 108 Å². The fourth-order valence-corrected chi connectivity index (χ4v) is 2.80. The molecule has 2 nitrogen and oxygen atoms in total. The van der Waals surface area contributed by atoms with Gasteiger partial charge in [0.2, 0.25) is 0 Å². The zero-order valence-corrected chi connectivity index (χ0v) is 10.7. The Balaban J connectivity index is 1.90. The van der Waals surface area contributed by atoms with E-state index in [1.807, 2.05) is 0 Å². The van der Waals surface area contributed by atoms with Crippen LogP contribution in [0.5, 0.6) is 0 Å². The minimum atomic E-state index is -0.250. The van der Waals surface area contributed by atoms with Crippen molar-refractivity contribution in [2.45, 2.75) is 44.6 Å². The molecule has 3 heteroatoms. The monoisotopic (exact) mass is 251 g/mol. The summed E-state index contributed by atoms with van der Waals surface area (Å²) in [6, 6.07) is 6.61. The number of hydrogen-bond donors (Lipinski definition) is 2. The molecule has 2 rings (SSSR count). The maximum atomic E-state index is 13.5. The van der Waals surface area contributed by atoms with E-state index in [9.17, 15) is 9.50 Å². The quantitative estimate of drug-likeness (QED) is 0.838. The number of hydrogen-bond acceptors (Lipinski definition) is 2. The lowest BCUT2D eigenvalue weighted by Gasteiger charge is -2.26. The predicted octanol–water partition coefficient (Wildman–Crippen LogP) is 3.57. The summed E-state index contributed by atoms with van der Waals surface area (Å²) in [6.45, 7) is 0.0604. The summed E-state index contributed by atoms with van der Waals surface area (Å²) in [6.07, 6.45) is 7.35. The number of halogens is 1. The molecule has 0 aromatic heterocycles. The Hall–Kier alpha value is -1.09. The smallest absolute Gasteiger partial charge is 0.146 e. The molecular formula is C15H22FNO. The molecule has 0 bridgehead atoms. The highest BCUT2D eigenvalue weighted by Gasteiger charge is 2.19. The first-order valence-electron chi connectivity index (χ1n) is 6.91. The van der Waals surface area contributed by atoms with E-state index >= 15 is 0 Å². The Morgan fingerprint density at radius 2 is 1.94 bits per heavy atom. The summed E-state index contributed by atoms with van der Waals surface area (Å²) >= 11 is 0. The van der Waals surface area contributed by atoms with Crippen LogP contribution in [0.2, 0.25) is 0 Å². The van der Waals surface area contributed by atoms with Crippen LogP contribution in [0.4, 0.5) is 10.1 Å². The molecule has 1 aliphatic carbocycles. The van der Waals surface area contributed by atoms with E-state index in [2.05, 4.69) is 5.32 Å². The van der Waals surface area contributed by atoms with Gasteiger partial charge in [0.1, 0.15) is 5.82 Å². The molecule has 1 aromatic carbocycles. The average molecular weight is 251 g/mol. The van der Waals surface area contributed by atoms with Gasteiger partial charge in [-0.05, 0) is 24.5 Å². The predicted molar refractivity (Wildman–Crippen MR) is 72.1 cm³/mol. The molecule has 18 heavy (non-hydrogen) atoms. The highest BCUT2D eigenvalue weighted by atomic mass is 19.1. The molecule has 1 atom stereocenters. The van der Waals surface area contributed by atoms with Gasteiger partial charge in [0.25, 0.3) is 0 Å². The molecule has 1 aromatic rings. The van der Waals surface area contributed by atoms with Crippen LogP contribution in [0.15, 0.2) is 24.3 Å². The van der Waals surface area contributed by atoms with Crippen LogP contribution in [-0.4, -0.2) is 17.8 Å². The number of aliphatic hydroxyl groups excluding tert-OH is 1. The zero-order valence-electron chi connectivity index (χ0n) is 10.7. The fraction of sp³-hybridized carbons (Fsp3) is 0.600. The molecule has 1 unspecified atom stereocenters. The van der Waals surface area contributed by atoms with E-state index in [4.69, 9.17) is 0 Å². The second-order valence-electron chi connectivity index (χ2n) is 5.24. The van der Waals surface area contributed by atoms with E-state index in [0.717, 1.165) is 6.42 Å². The van der Waals surface area contributed by atoms with Crippen molar-refractivity contribution in [2.24, 2.45) is 5.92 Å². The summed E-state index contributed by atoms with van der Waals surface area (Å²) in [7, 11) is 0. The van der Waals surface area contributed by atoms with Crippen molar-refractivity contribution in [2.75, 3.05) is 11.9 Å². The van der Waals surface area contributed by atoms with Crippen molar-refractivity contribution < 1.29 is 9.50 Å². The van der Waals surface area contributed by atoms with E-state index < -0.39 is 0 Å². The summed E-state index contributed by atoms with van der Waals surface area (Å²) in [5.74, 6) is 0.426. The van der Waals surface area contributed by atoms with Crippen LogP contribution in [0.3, 0.4) is 0 Å². The van der Waals surface area contributed by atoms with Crippen LogP contribution >= 0.6 is 0 Å². The average Bonchev–Trinajstić information content (AvgIpc) is 2.41. The van der Waals surface area contributed by atoms with Gasteiger partial charge in [-0.15, -0.1) is 0 Å². The number of para-hydroxylation sites is 1. The Kier molecular flexibility index (Phi) is 5.00. The van der Waals surface area contributed by atoms with Gasteiger partial charge < -0.3 is 10.4 Å². The van der Waals surface area contributed by atoms with Crippen LogP contribution in [0, 0.1) is 11.7 Å². The second kappa shape index (κ2) is 6.74. The van der Waals surface area contributed by atoms with Gasteiger partial charge in [0.15, 0.2) is 0 Å². The maximum absolute atomic E-state index is 13.5. The Morgan fingerprint density at radius 1 is 1.22 bits per heavy atom. The first-order valence-corrected chi connectivity index (χ1v) is 6.91.